The van der Waals surface area contributed by atoms with E-state index in [1.165, 1.54) is 14.0 Å². The van der Waals surface area contributed by atoms with Gasteiger partial charge in [0.1, 0.15) is 5.75 Å². The second-order valence-corrected chi connectivity index (χ2v) is 2.95. The second kappa shape index (κ2) is 4.56. The molecule has 0 spiro atoms. The van der Waals surface area contributed by atoms with Gasteiger partial charge in [0.15, 0.2) is 0 Å². The van der Waals surface area contributed by atoms with Crippen LogP contribution in [0.1, 0.15) is 11.1 Å². The van der Waals surface area contributed by atoms with Crippen molar-refractivity contribution in [3.05, 3.63) is 17.3 Å². The Bertz CT molecular complexity index is 379. The summed E-state index contributed by atoms with van der Waals surface area (Å²) in [6, 6.07) is 0. The first-order chi connectivity index (χ1) is 7.39. The molecule has 1 rings (SSSR count). The van der Waals surface area contributed by atoms with Gasteiger partial charge in [-0.05, 0) is 6.92 Å². The summed E-state index contributed by atoms with van der Waals surface area (Å²) < 4.78 is 44.5. The molecule has 0 amide bonds. The van der Waals surface area contributed by atoms with Crippen LogP contribution >= 0.6 is 0 Å². The summed E-state index contributed by atoms with van der Waals surface area (Å²) in [5, 5.41) is 8.91. The summed E-state index contributed by atoms with van der Waals surface area (Å²) in [5.41, 5.74) is 0.390. The zero-order valence-corrected chi connectivity index (χ0v) is 8.63. The Kier molecular flexibility index (Phi) is 3.58. The molecule has 0 aliphatic heterocycles. The summed E-state index contributed by atoms with van der Waals surface area (Å²) in [6.45, 7) is 0.995. The molecule has 0 saturated carbocycles. The summed E-state index contributed by atoms with van der Waals surface area (Å²) >= 11 is 0. The van der Waals surface area contributed by atoms with Gasteiger partial charge in [0, 0.05) is 11.8 Å². The van der Waals surface area contributed by atoms with Gasteiger partial charge in [-0.2, -0.15) is 0 Å². The number of hydrogen-bond donors (Lipinski definition) is 1. The third-order valence-electron chi connectivity index (χ3n) is 1.88. The molecule has 0 bridgehead atoms. The molecule has 1 N–H and O–H groups in total. The normalized spacial score (nSPS) is 11.4. The monoisotopic (exact) mass is 237 g/mol. The molecule has 0 aromatic carbocycles. The Labute approximate surface area is 89.6 Å². The highest BCUT2D eigenvalue weighted by atomic mass is 19.4. The van der Waals surface area contributed by atoms with Gasteiger partial charge in [-0.3, -0.25) is 0 Å². The smallest absolute Gasteiger partial charge is 0.496 e. The molecular formula is C9H10F3NO3. The van der Waals surface area contributed by atoms with Gasteiger partial charge in [0.25, 0.3) is 0 Å². The fourth-order valence-electron chi connectivity index (χ4n) is 1.24. The van der Waals surface area contributed by atoms with Crippen molar-refractivity contribution in [2.75, 3.05) is 7.11 Å². The molecule has 4 nitrogen and oxygen atoms in total. The highest BCUT2D eigenvalue weighted by Crippen LogP contribution is 2.32. The van der Waals surface area contributed by atoms with Crippen molar-refractivity contribution in [1.29, 1.82) is 0 Å². The third kappa shape index (κ3) is 2.75. The lowest BCUT2D eigenvalue weighted by Crippen LogP contribution is -2.19. The van der Waals surface area contributed by atoms with E-state index in [1.54, 1.807) is 0 Å². The first-order valence-corrected chi connectivity index (χ1v) is 4.28. The van der Waals surface area contributed by atoms with E-state index in [9.17, 15) is 13.2 Å². The van der Waals surface area contributed by atoms with Crippen LogP contribution in [-0.2, 0) is 6.61 Å². The van der Waals surface area contributed by atoms with Gasteiger partial charge in [-0.1, -0.05) is 0 Å². The largest absolute Gasteiger partial charge is 0.574 e. The van der Waals surface area contributed by atoms with Crippen LogP contribution in [0.2, 0.25) is 0 Å². The van der Waals surface area contributed by atoms with E-state index in [-0.39, 0.29) is 17.9 Å². The maximum absolute atomic E-state index is 12.0. The standard InChI is InChI=1S/C9H10F3NO3/c1-5-7(15-2)6(4-14)3-13-8(5)16-9(10,11)12/h3,14H,4H2,1-2H3. The first-order valence-electron chi connectivity index (χ1n) is 4.28. The number of aliphatic hydroxyl groups is 1. The lowest BCUT2D eigenvalue weighted by Gasteiger charge is -2.14. The molecule has 0 aliphatic carbocycles. The van der Waals surface area contributed by atoms with Crippen molar-refractivity contribution in [2.24, 2.45) is 0 Å². The van der Waals surface area contributed by atoms with E-state index < -0.39 is 12.2 Å². The van der Waals surface area contributed by atoms with Crippen LogP contribution in [0, 0.1) is 6.92 Å². The quantitative estimate of drug-likeness (QED) is 0.870. The average Bonchev–Trinajstić information content (AvgIpc) is 2.19. The van der Waals surface area contributed by atoms with Crippen LogP contribution in [0.15, 0.2) is 6.20 Å². The number of aliphatic hydroxyl groups excluding tert-OH is 1. The summed E-state index contributed by atoms with van der Waals surface area (Å²) in [7, 11) is 1.29. The molecule has 0 aliphatic rings. The molecular weight excluding hydrogens is 227 g/mol. The topological polar surface area (TPSA) is 51.6 Å². The van der Waals surface area contributed by atoms with Crippen molar-refractivity contribution in [1.82, 2.24) is 4.98 Å². The zero-order chi connectivity index (χ0) is 12.3. The van der Waals surface area contributed by atoms with Crippen LogP contribution in [0.5, 0.6) is 11.6 Å². The number of aromatic nitrogens is 1. The number of halogens is 3. The van der Waals surface area contributed by atoms with Crippen molar-refractivity contribution in [2.45, 2.75) is 19.9 Å². The number of alkyl halides is 3. The van der Waals surface area contributed by atoms with Crippen molar-refractivity contribution >= 4 is 0 Å². The number of hydrogen-bond acceptors (Lipinski definition) is 4. The number of rotatable bonds is 3. The van der Waals surface area contributed by atoms with E-state index >= 15 is 0 Å². The molecule has 0 saturated heterocycles. The van der Waals surface area contributed by atoms with Gasteiger partial charge in [-0.15, -0.1) is 13.2 Å². The van der Waals surface area contributed by atoms with Crippen molar-refractivity contribution in [3.8, 4) is 11.6 Å². The Morgan fingerprint density at radius 2 is 2.06 bits per heavy atom. The Morgan fingerprint density at radius 1 is 1.44 bits per heavy atom. The van der Waals surface area contributed by atoms with E-state index in [0.29, 0.717) is 5.56 Å². The Morgan fingerprint density at radius 3 is 2.50 bits per heavy atom. The average molecular weight is 237 g/mol. The van der Waals surface area contributed by atoms with E-state index in [1.807, 2.05) is 0 Å². The molecule has 0 radical (unpaired) electrons. The Balaban J connectivity index is 3.14. The summed E-state index contributed by atoms with van der Waals surface area (Å²) in [4.78, 5) is 3.46. The maximum atomic E-state index is 12.0. The molecule has 0 fully saturated rings. The van der Waals surface area contributed by atoms with Crippen LogP contribution in [0.4, 0.5) is 13.2 Å². The second-order valence-electron chi connectivity index (χ2n) is 2.95. The molecule has 1 heterocycles. The molecule has 16 heavy (non-hydrogen) atoms. The molecule has 1 aromatic rings. The fraction of sp³-hybridized carbons (Fsp3) is 0.444. The number of methoxy groups -OCH3 is 1. The molecule has 7 heteroatoms. The minimum Gasteiger partial charge on any atom is -0.496 e. The van der Waals surface area contributed by atoms with Crippen molar-refractivity contribution < 1.29 is 27.8 Å². The van der Waals surface area contributed by atoms with Crippen LogP contribution in [0.3, 0.4) is 0 Å². The molecule has 90 valence electrons. The van der Waals surface area contributed by atoms with Gasteiger partial charge in [0.2, 0.25) is 5.88 Å². The van der Waals surface area contributed by atoms with Crippen LogP contribution in [0.25, 0.3) is 0 Å². The van der Waals surface area contributed by atoms with Gasteiger partial charge >= 0.3 is 6.36 Å². The van der Waals surface area contributed by atoms with Crippen LogP contribution < -0.4 is 9.47 Å². The van der Waals surface area contributed by atoms with Gasteiger partial charge in [0.05, 0.1) is 19.3 Å². The minimum absolute atomic E-state index is 0.0892. The van der Waals surface area contributed by atoms with E-state index in [0.717, 1.165) is 6.20 Å². The van der Waals surface area contributed by atoms with Crippen LogP contribution in [-0.4, -0.2) is 23.6 Å². The first kappa shape index (κ1) is 12.6. The van der Waals surface area contributed by atoms with Gasteiger partial charge < -0.3 is 14.6 Å². The number of pyridine rings is 1. The zero-order valence-electron chi connectivity index (χ0n) is 8.63. The fourth-order valence-corrected chi connectivity index (χ4v) is 1.24. The predicted molar refractivity (Wildman–Crippen MR) is 48.1 cm³/mol. The highest BCUT2D eigenvalue weighted by molar-refractivity contribution is 5.44. The minimum atomic E-state index is -4.80. The summed E-state index contributed by atoms with van der Waals surface area (Å²) in [6.07, 6.45) is -3.73. The van der Waals surface area contributed by atoms with Gasteiger partial charge in [-0.25, -0.2) is 4.98 Å². The van der Waals surface area contributed by atoms with Crippen molar-refractivity contribution in [3.63, 3.8) is 0 Å². The molecule has 1 aromatic heterocycles. The van der Waals surface area contributed by atoms with E-state index in [4.69, 9.17) is 9.84 Å². The SMILES string of the molecule is COc1c(CO)cnc(OC(F)(F)F)c1C. The maximum Gasteiger partial charge on any atom is 0.574 e. The predicted octanol–water partition coefficient (Wildman–Crippen LogP) is 1.79. The molecule has 0 unspecified atom stereocenters. The molecule has 0 atom stereocenters. The summed E-state index contributed by atoms with van der Waals surface area (Å²) in [5.74, 6) is -0.446. The number of nitrogens with zero attached hydrogens (tertiary/aromatic N) is 1. The lowest BCUT2D eigenvalue weighted by atomic mass is 10.2. The lowest BCUT2D eigenvalue weighted by molar-refractivity contribution is -0.276. The Hall–Kier alpha value is -1.50. The highest BCUT2D eigenvalue weighted by Gasteiger charge is 2.33. The number of ether oxygens (including phenoxy) is 2. The third-order valence-corrected chi connectivity index (χ3v) is 1.88. The van der Waals surface area contributed by atoms with E-state index in [2.05, 4.69) is 9.72 Å².